The fourth-order valence-electron chi connectivity index (χ4n) is 3.75. The van der Waals surface area contributed by atoms with Crippen LogP contribution in [0.25, 0.3) is 0 Å². The molecule has 4 fully saturated rings. The summed E-state index contributed by atoms with van der Waals surface area (Å²) < 4.78 is 0. The van der Waals surface area contributed by atoms with Crippen molar-refractivity contribution >= 4 is 0 Å². The molecule has 4 aliphatic rings. The van der Waals surface area contributed by atoms with Crippen molar-refractivity contribution in [3.8, 4) is 0 Å². The Kier molecular flexibility index (Phi) is 7.12. The molecule has 0 spiro atoms. The molecule has 24 heavy (non-hydrogen) atoms. The molecule has 0 amide bonds. The number of nitrogens with one attached hydrogen (secondary N) is 2. The molecular formula is C20H42N4. The van der Waals surface area contributed by atoms with Crippen molar-refractivity contribution < 1.29 is 0 Å². The van der Waals surface area contributed by atoms with Crippen LogP contribution in [0.4, 0.5) is 0 Å². The summed E-state index contributed by atoms with van der Waals surface area (Å²) in [5.74, 6) is 0. The van der Waals surface area contributed by atoms with E-state index in [1.165, 1.54) is 64.7 Å². The fourth-order valence-corrected chi connectivity index (χ4v) is 3.75. The number of rotatable bonds is 4. The number of likely N-dealkylation sites (N-methyl/N-ethyl adjacent to an activating group) is 2. The summed E-state index contributed by atoms with van der Waals surface area (Å²) in [5, 5.41) is 7.44. The third-order valence-corrected chi connectivity index (χ3v) is 5.89. The summed E-state index contributed by atoms with van der Waals surface area (Å²) in [5.41, 5.74) is 1.05. The Labute approximate surface area is 150 Å². The van der Waals surface area contributed by atoms with Crippen LogP contribution in [0.2, 0.25) is 0 Å². The van der Waals surface area contributed by atoms with E-state index in [0.29, 0.717) is 11.1 Å². The van der Waals surface area contributed by atoms with Crippen LogP contribution in [-0.2, 0) is 0 Å². The van der Waals surface area contributed by atoms with Gasteiger partial charge in [0.15, 0.2) is 0 Å². The molecule has 2 N–H and O–H groups in total. The van der Waals surface area contributed by atoms with Gasteiger partial charge in [-0.2, -0.15) is 0 Å². The molecule has 4 nitrogen and oxygen atoms in total. The maximum atomic E-state index is 3.72. The molecule has 2 heterocycles. The highest BCUT2D eigenvalue weighted by Crippen LogP contribution is 2.36. The summed E-state index contributed by atoms with van der Waals surface area (Å²) in [6, 6.07) is 1.54. The lowest BCUT2D eigenvalue weighted by atomic mass is 10.2. The van der Waals surface area contributed by atoms with E-state index in [9.17, 15) is 0 Å². The van der Waals surface area contributed by atoms with Crippen molar-refractivity contribution in [2.45, 2.75) is 89.4 Å². The third kappa shape index (κ3) is 6.62. The number of nitrogens with zero attached hydrogens (tertiary/aromatic N) is 2. The highest BCUT2D eigenvalue weighted by Gasteiger charge is 2.40. The van der Waals surface area contributed by atoms with Gasteiger partial charge in [0, 0.05) is 36.3 Å². The van der Waals surface area contributed by atoms with E-state index in [0.717, 1.165) is 12.1 Å². The molecule has 4 heteroatoms. The van der Waals surface area contributed by atoms with Gasteiger partial charge in [-0.1, -0.05) is 13.8 Å². The second kappa shape index (κ2) is 8.48. The zero-order chi connectivity index (χ0) is 17.8. The number of likely N-dealkylation sites (tertiary alicyclic amines) is 2. The predicted molar refractivity (Wildman–Crippen MR) is 105 cm³/mol. The standard InChI is InChI=1S/2C9H18N2.C2H6/c2*1-9(4-5-9)10-8-3-6-11(2)7-8;1-2/h2*8,10H,3-7H2,1-2H3;1-2H3. The maximum Gasteiger partial charge on any atom is 0.0212 e. The van der Waals surface area contributed by atoms with Crippen molar-refractivity contribution in [3.05, 3.63) is 0 Å². The molecule has 0 bridgehead atoms. The Bertz CT molecular complexity index is 340. The monoisotopic (exact) mass is 338 g/mol. The van der Waals surface area contributed by atoms with Gasteiger partial charge in [0.05, 0.1) is 0 Å². The molecule has 2 aliphatic heterocycles. The quantitative estimate of drug-likeness (QED) is 0.825. The van der Waals surface area contributed by atoms with Gasteiger partial charge in [-0.05, 0) is 79.6 Å². The summed E-state index contributed by atoms with van der Waals surface area (Å²) in [7, 11) is 4.41. The number of hydrogen-bond acceptors (Lipinski definition) is 4. The normalized spacial score (nSPS) is 33.2. The van der Waals surface area contributed by atoms with Gasteiger partial charge in [-0.25, -0.2) is 0 Å². The van der Waals surface area contributed by atoms with Crippen LogP contribution >= 0.6 is 0 Å². The SMILES string of the molecule is CC.CN1CCC(NC2(C)CC2)C1.CN1CCC(NC2(C)CC2)C1. The summed E-state index contributed by atoms with van der Waals surface area (Å²) in [6.45, 7) is 13.7. The van der Waals surface area contributed by atoms with E-state index in [-0.39, 0.29) is 0 Å². The van der Waals surface area contributed by atoms with Crippen LogP contribution in [0.3, 0.4) is 0 Å². The largest absolute Gasteiger partial charge is 0.307 e. The highest BCUT2D eigenvalue weighted by molar-refractivity contribution is 5.01. The average Bonchev–Trinajstić information content (AvgIpc) is 3.34. The Morgan fingerprint density at radius 1 is 0.708 bits per heavy atom. The van der Waals surface area contributed by atoms with E-state index in [1.807, 2.05) is 13.8 Å². The predicted octanol–water partition coefficient (Wildman–Crippen LogP) is 2.69. The Hall–Kier alpha value is -0.160. The second-order valence-electron chi connectivity index (χ2n) is 8.91. The zero-order valence-corrected chi connectivity index (χ0v) is 17.1. The minimum atomic E-state index is 0.524. The highest BCUT2D eigenvalue weighted by atomic mass is 15.2. The Morgan fingerprint density at radius 3 is 1.25 bits per heavy atom. The summed E-state index contributed by atoms with van der Waals surface area (Å²) >= 11 is 0. The Balaban J connectivity index is 0.000000158. The average molecular weight is 339 g/mol. The van der Waals surface area contributed by atoms with Crippen LogP contribution < -0.4 is 10.6 Å². The van der Waals surface area contributed by atoms with E-state index in [1.54, 1.807) is 0 Å². The van der Waals surface area contributed by atoms with E-state index in [4.69, 9.17) is 0 Å². The van der Waals surface area contributed by atoms with Crippen LogP contribution in [0, 0.1) is 0 Å². The fraction of sp³-hybridized carbons (Fsp3) is 1.00. The van der Waals surface area contributed by atoms with Crippen molar-refractivity contribution in [2.24, 2.45) is 0 Å². The first kappa shape index (κ1) is 20.2. The molecule has 4 rings (SSSR count). The van der Waals surface area contributed by atoms with Crippen molar-refractivity contribution in [1.29, 1.82) is 0 Å². The van der Waals surface area contributed by atoms with Crippen LogP contribution in [0.15, 0.2) is 0 Å². The lowest BCUT2D eigenvalue weighted by Crippen LogP contribution is -2.39. The molecular weight excluding hydrogens is 296 g/mol. The van der Waals surface area contributed by atoms with Gasteiger partial charge >= 0.3 is 0 Å². The molecule has 142 valence electrons. The summed E-state index contributed by atoms with van der Waals surface area (Å²) in [6.07, 6.45) is 8.21. The first-order valence-corrected chi connectivity index (χ1v) is 10.3. The van der Waals surface area contributed by atoms with Crippen LogP contribution in [0.1, 0.15) is 66.2 Å². The van der Waals surface area contributed by atoms with E-state index >= 15 is 0 Å². The van der Waals surface area contributed by atoms with Crippen molar-refractivity contribution in [2.75, 3.05) is 40.3 Å². The molecule has 2 atom stereocenters. The smallest absolute Gasteiger partial charge is 0.0212 e. The van der Waals surface area contributed by atoms with Crippen molar-refractivity contribution in [3.63, 3.8) is 0 Å². The molecule has 2 unspecified atom stereocenters. The van der Waals surface area contributed by atoms with Gasteiger partial charge < -0.3 is 20.4 Å². The second-order valence-corrected chi connectivity index (χ2v) is 8.91. The lowest BCUT2D eigenvalue weighted by Gasteiger charge is -2.17. The zero-order valence-electron chi connectivity index (χ0n) is 17.1. The van der Waals surface area contributed by atoms with E-state index in [2.05, 4.69) is 48.4 Å². The molecule has 2 saturated heterocycles. The van der Waals surface area contributed by atoms with Gasteiger partial charge in [0.1, 0.15) is 0 Å². The van der Waals surface area contributed by atoms with Gasteiger partial charge in [-0.15, -0.1) is 0 Å². The molecule has 2 aliphatic carbocycles. The third-order valence-electron chi connectivity index (χ3n) is 5.89. The topological polar surface area (TPSA) is 30.5 Å². The molecule has 0 radical (unpaired) electrons. The minimum absolute atomic E-state index is 0.524. The summed E-state index contributed by atoms with van der Waals surface area (Å²) in [4.78, 5) is 4.81. The van der Waals surface area contributed by atoms with Gasteiger partial charge in [0.2, 0.25) is 0 Å². The molecule has 0 aromatic carbocycles. The van der Waals surface area contributed by atoms with Crippen LogP contribution in [0.5, 0.6) is 0 Å². The van der Waals surface area contributed by atoms with Crippen molar-refractivity contribution in [1.82, 2.24) is 20.4 Å². The van der Waals surface area contributed by atoms with Crippen LogP contribution in [-0.4, -0.2) is 73.2 Å². The van der Waals surface area contributed by atoms with Gasteiger partial charge in [0.25, 0.3) is 0 Å². The Morgan fingerprint density at radius 2 is 1.04 bits per heavy atom. The maximum absolute atomic E-state index is 3.72. The van der Waals surface area contributed by atoms with E-state index < -0.39 is 0 Å². The molecule has 0 aromatic rings. The van der Waals surface area contributed by atoms with Gasteiger partial charge in [-0.3, -0.25) is 0 Å². The molecule has 0 aromatic heterocycles. The molecule has 2 saturated carbocycles. The number of hydrogen-bond donors (Lipinski definition) is 2. The first-order valence-electron chi connectivity index (χ1n) is 10.3. The first-order chi connectivity index (χ1) is 11.4. The lowest BCUT2D eigenvalue weighted by molar-refractivity contribution is 0.380. The minimum Gasteiger partial charge on any atom is -0.307 e.